The number of likely N-dealkylation sites (N-methyl/N-ethyl adjacent to an activating group) is 1. The first kappa shape index (κ1) is 25.2. The minimum atomic E-state index is -4.51. The Bertz CT molecular complexity index is 1090. The second kappa shape index (κ2) is 11.1. The number of benzene rings is 2. The van der Waals surface area contributed by atoms with Gasteiger partial charge in [-0.3, -0.25) is 15.1 Å². The lowest BCUT2D eigenvalue weighted by molar-refractivity contribution is -0.141. The van der Waals surface area contributed by atoms with E-state index < -0.39 is 29.8 Å². The van der Waals surface area contributed by atoms with Crippen LogP contribution >= 0.6 is 0 Å². The monoisotopic (exact) mass is 475 g/mol. The van der Waals surface area contributed by atoms with Crippen LogP contribution in [0.25, 0.3) is 0 Å². The molecule has 0 aliphatic rings. The highest BCUT2D eigenvalue weighted by molar-refractivity contribution is 5.83. The van der Waals surface area contributed by atoms with Crippen molar-refractivity contribution in [2.45, 2.75) is 31.1 Å². The van der Waals surface area contributed by atoms with Gasteiger partial charge < -0.3 is 10.1 Å². The fraction of sp³-hybridized carbons (Fsp3) is 0.280. The highest BCUT2D eigenvalue weighted by atomic mass is 19.4. The molecular formula is C25H25F4N3O2. The molecule has 5 nitrogen and oxygen atoms in total. The van der Waals surface area contributed by atoms with Crippen molar-refractivity contribution in [3.63, 3.8) is 0 Å². The SMILES string of the molecule is CNC(=O)C(N[C@@H](CCc1ccc(C(F)(F)F)nc1)c1ccc(F)c(OC)c1)c1ccccc1. The normalized spacial score (nSPS) is 13.2. The van der Waals surface area contributed by atoms with Crippen LogP contribution in [-0.4, -0.2) is 25.0 Å². The topological polar surface area (TPSA) is 63.2 Å². The van der Waals surface area contributed by atoms with Crippen LogP contribution < -0.4 is 15.4 Å². The van der Waals surface area contributed by atoms with Crippen LogP contribution in [0.2, 0.25) is 0 Å². The summed E-state index contributed by atoms with van der Waals surface area (Å²) in [5, 5.41) is 5.97. The molecule has 0 radical (unpaired) electrons. The molecule has 2 aromatic carbocycles. The first-order chi connectivity index (χ1) is 16.2. The fourth-order valence-electron chi connectivity index (χ4n) is 3.60. The van der Waals surface area contributed by atoms with E-state index in [0.717, 1.165) is 11.6 Å². The van der Waals surface area contributed by atoms with Crippen LogP contribution in [-0.2, 0) is 17.4 Å². The molecule has 0 fully saturated rings. The Labute approximate surface area is 195 Å². The molecule has 34 heavy (non-hydrogen) atoms. The fourth-order valence-corrected chi connectivity index (χ4v) is 3.60. The highest BCUT2D eigenvalue weighted by Crippen LogP contribution is 2.30. The maximum Gasteiger partial charge on any atom is 0.433 e. The van der Waals surface area contributed by atoms with Crippen molar-refractivity contribution in [3.05, 3.63) is 95.1 Å². The Hall–Kier alpha value is -3.46. The number of carbonyl (C=O) groups excluding carboxylic acids is 1. The first-order valence-electron chi connectivity index (χ1n) is 10.6. The third kappa shape index (κ3) is 6.32. The van der Waals surface area contributed by atoms with Crippen molar-refractivity contribution in [2.75, 3.05) is 14.2 Å². The van der Waals surface area contributed by atoms with Gasteiger partial charge in [0.25, 0.3) is 0 Å². The summed E-state index contributed by atoms with van der Waals surface area (Å²) in [6, 6.07) is 14.7. The molecule has 1 unspecified atom stereocenters. The molecule has 0 aliphatic heterocycles. The third-order valence-electron chi connectivity index (χ3n) is 5.42. The number of aromatic nitrogens is 1. The molecule has 0 saturated heterocycles. The number of hydrogen-bond donors (Lipinski definition) is 2. The van der Waals surface area contributed by atoms with Gasteiger partial charge in [-0.05, 0) is 47.7 Å². The summed E-state index contributed by atoms with van der Waals surface area (Å²) in [6.45, 7) is 0. The zero-order valence-electron chi connectivity index (χ0n) is 18.7. The summed E-state index contributed by atoms with van der Waals surface area (Å²) in [7, 11) is 2.89. The average Bonchev–Trinajstić information content (AvgIpc) is 2.84. The summed E-state index contributed by atoms with van der Waals surface area (Å²) >= 11 is 0. The highest BCUT2D eigenvalue weighted by Gasteiger charge is 2.32. The predicted molar refractivity (Wildman–Crippen MR) is 120 cm³/mol. The number of nitrogens with zero attached hydrogens (tertiary/aromatic N) is 1. The Kier molecular flexibility index (Phi) is 8.22. The molecule has 9 heteroatoms. The minimum Gasteiger partial charge on any atom is -0.494 e. The molecule has 0 bridgehead atoms. The Balaban J connectivity index is 1.89. The zero-order chi connectivity index (χ0) is 24.7. The molecule has 0 spiro atoms. The third-order valence-corrected chi connectivity index (χ3v) is 5.42. The number of aryl methyl sites for hydroxylation is 1. The van der Waals surface area contributed by atoms with Crippen LogP contribution in [0.15, 0.2) is 66.9 Å². The van der Waals surface area contributed by atoms with E-state index >= 15 is 0 Å². The number of amides is 1. The minimum absolute atomic E-state index is 0.0525. The summed E-state index contributed by atoms with van der Waals surface area (Å²) in [5.74, 6) is -0.735. The van der Waals surface area contributed by atoms with Crippen molar-refractivity contribution in [1.29, 1.82) is 0 Å². The molecule has 0 aliphatic carbocycles. The molecule has 3 aromatic rings. The van der Waals surface area contributed by atoms with E-state index in [2.05, 4.69) is 15.6 Å². The summed E-state index contributed by atoms with van der Waals surface area (Å²) in [6.07, 6.45) is -2.54. The lowest BCUT2D eigenvalue weighted by atomic mass is 9.96. The molecule has 0 saturated carbocycles. The van der Waals surface area contributed by atoms with Gasteiger partial charge in [0.15, 0.2) is 11.6 Å². The number of rotatable bonds is 9. The molecule has 2 atom stereocenters. The van der Waals surface area contributed by atoms with Gasteiger partial charge in [-0.1, -0.05) is 42.5 Å². The van der Waals surface area contributed by atoms with Gasteiger partial charge in [0.05, 0.1) is 7.11 Å². The predicted octanol–water partition coefficient (Wildman–Crippen LogP) is 5.00. The summed E-state index contributed by atoms with van der Waals surface area (Å²) in [5.41, 5.74) is 1.04. The quantitative estimate of drug-likeness (QED) is 0.428. The maximum atomic E-state index is 14.0. The van der Waals surface area contributed by atoms with Gasteiger partial charge in [-0.2, -0.15) is 13.2 Å². The standard InChI is InChI=1S/C25H25F4N3O2/c1-30-24(33)23(17-6-4-3-5-7-17)32-20(18-10-11-19(26)21(14-18)34-2)12-8-16-9-13-22(31-15-16)25(27,28)29/h3-7,9-11,13-15,20,23,32H,8,12H2,1-2H3,(H,30,33)/t20-,23?/m0/s1. The van der Waals surface area contributed by atoms with E-state index in [4.69, 9.17) is 4.74 Å². The van der Waals surface area contributed by atoms with E-state index in [-0.39, 0.29) is 11.7 Å². The van der Waals surface area contributed by atoms with Gasteiger partial charge in [0.2, 0.25) is 5.91 Å². The summed E-state index contributed by atoms with van der Waals surface area (Å²) < 4.78 is 57.6. The van der Waals surface area contributed by atoms with Crippen LogP contribution in [0, 0.1) is 5.82 Å². The van der Waals surface area contributed by atoms with Gasteiger partial charge in [0.1, 0.15) is 11.7 Å². The van der Waals surface area contributed by atoms with Crippen molar-refractivity contribution >= 4 is 5.91 Å². The van der Waals surface area contributed by atoms with E-state index in [0.29, 0.717) is 24.0 Å². The van der Waals surface area contributed by atoms with Crippen molar-refractivity contribution in [2.24, 2.45) is 0 Å². The molecule has 2 N–H and O–H groups in total. The number of pyridine rings is 1. The smallest absolute Gasteiger partial charge is 0.433 e. The molecule has 3 rings (SSSR count). The number of hydrogen-bond acceptors (Lipinski definition) is 4. The van der Waals surface area contributed by atoms with E-state index in [1.165, 1.54) is 32.5 Å². The van der Waals surface area contributed by atoms with Gasteiger partial charge >= 0.3 is 6.18 Å². The molecular weight excluding hydrogens is 450 g/mol. The van der Waals surface area contributed by atoms with Crippen LogP contribution in [0.5, 0.6) is 5.75 Å². The van der Waals surface area contributed by atoms with Crippen molar-refractivity contribution in [1.82, 2.24) is 15.6 Å². The number of ether oxygens (including phenoxy) is 1. The van der Waals surface area contributed by atoms with E-state index in [1.807, 2.05) is 30.3 Å². The lowest BCUT2D eigenvalue weighted by Crippen LogP contribution is -2.38. The average molecular weight is 475 g/mol. The van der Waals surface area contributed by atoms with Gasteiger partial charge in [0, 0.05) is 19.3 Å². The number of methoxy groups -OCH3 is 1. The Morgan fingerprint density at radius 3 is 2.38 bits per heavy atom. The number of halogens is 4. The van der Waals surface area contributed by atoms with E-state index in [9.17, 15) is 22.4 Å². The molecule has 180 valence electrons. The molecule has 1 amide bonds. The zero-order valence-corrected chi connectivity index (χ0v) is 18.7. The first-order valence-corrected chi connectivity index (χ1v) is 10.6. The molecule has 1 aromatic heterocycles. The molecule has 1 heterocycles. The largest absolute Gasteiger partial charge is 0.494 e. The van der Waals surface area contributed by atoms with Crippen LogP contribution in [0.3, 0.4) is 0 Å². The van der Waals surface area contributed by atoms with Crippen LogP contribution in [0.4, 0.5) is 17.6 Å². The Morgan fingerprint density at radius 1 is 1.06 bits per heavy atom. The second-order valence-electron chi connectivity index (χ2n) is 7.66. The van der Waals surface area contributed by atoms with Gasteiger partial charge in [-0.15, -0.1) is 0 Å². The van der Waals surface area contributed by atoms with Crippen LogP contribution in [0.1, 0.15) is 40.9 Å². The summed E-state index contributed by atoms with van der Waals surface area (Å²) in [4.78, 5) is 16.2. The van der Waals surface area contributed by atoms with Gasteiger partial charge in [-0.25, -0.2) is 4.39 Å². The number of nitrogens with one attached hydrogen (secondary N) is 2. The van der Waals surface area contributed by atoms with Crippen molar-refractivity contribution in [3.8, 4) is 5.75 Å². The maximum absolute atomic E-state index is 14.0. The Morgan fingerprint density at radius 2 is 1.79 bits per heavy atom. The number of alkyl halides is 3. The van der Waals surface area contributed by atoms with Crippen molar-refractivity contribution < 1.29 is 27.1 Å². The number of carbonyl (C=O) groups is 1. The lowest BCUT2D eigenvalue weighted by Gasteiger charge is -2.26. The second-order valence-corrected chi connectivity index (χ2v) is 7.66. The van der Waals surface area contributed by atoms with E-state index in [1.54, 1.807) is 12.1 Å².